The topological polar surface area (TPSA) is 12.4 Å². The van der Waals surface area contributed by atoms with E-state index in [0.29, 0.717) is 0 Å². The van der Waals surface area contributed by atoms with E-state index in [9.17, 15) is 0 Å². The summed E-state index contributed by atoms with van der Waals surface area (Å²) < 4.78 is 0. The zero-order valence-electron chi connectivity index (χ0n) is 10.6. The third kappa shape index (κ3) is 2.82. The van der Waals surface area contributed by atoms with Gasteiger partial charge in [-0.15, -0.1) is 0 Å². The van der Waals surface area contributed by atoms with Crippen LogP contribution in [-0.2, 0) is 0 Å². The molecule has 1 heteroatoms. The molecule has 0 heterocycles. The summed E-state index contributed by atoms with van der Waals surface area (Å²) in [6.07, 6.45) is 1.93. The van der Waals surface area contributed by atoms with Crippen molar-refractivity contribution in [3.05, 3.63) is 64.7 Å². The van der Waals surface area contributed by atoms with Gasteiger partial charge in [-0.25, -0.2) is 0 Å². The Labute approximate surface area is 103 Å². The van der Waals surface area contributed by atoms with Gasteiger partial charge in [-0.05, 0) is 37.5 Å². The summed E-state index contributed by atoms with van der Waals surface area (Å²) in [4.78, 5) is 4.58. The van der Waals surface area contributed by atoms with Crippen LogP contribution in [0.15, 0.2) is 47.5 Å². The Hall–Kier alpha value is -1.89. The molecule has 0 amide bonds. The Morgan fingerprint density at radius 3 is 2.00 bits per heavy atom. The summed E-state index contributed by atoms with van der Waals surface area (Å²) in [5.41, 5.74) is 5.92. The molecule has 0 aliphatic rings. The van der Waals surface area contributed by atoms with Crippen LogP contribution in [0.25, 0.3) is 0 Å². The molecule has 0 aliphatic carbocycles. The van der Waals surface area contributed by atoms with Crippen molar-refractivity contribution in [1.29, 1.82) is 0 Å². The summed E-state index contributed by atoms with van der Waals surface area (Å²) in [6, 6.07) is 14.6. The second kappa shape index (κ2) is 4.96. The van der Waals surface area contributed by atoms with Crippen molar-refractivity contribution < 1.29 is 0 Å². The predicted octanol–water partition coefficient (Wildman–Crippen LogP) is 4.36. The molecule has 0 unspecified atom stereocenters. The number of hydrogen-bond acceptors (Lipinski definition) is 1. The minimum absolute atomic E-state index is 1.08. The van der Waals surface area contributed by atoms with E-state index < -0.39 is 0 Å². The average Bonchev–Trinajstić information content (AvgIpc) is 2.31. The quantitative estimate of drug-likeness (QED) is 0.671. The number of rotatable bonds is 2. The minimum Gasteiger partial charge on any atom is -0.256 e. The zero-order valence-corrected chi connectivity index (χ0v) is 10.6. The number of benzene rings is 2. The second-order valence-corrected chi connectivity index (χ2v) is 4.41. The molecule has 0 atom stereocenters. The molecular formula is C16H17N. The van der Waals surface area contributed by atoms with Crippen molar-refractivity contribution in [2.24, 2.45) is 4.99 Å². The smallest absolute Gasteiger partial charge is 0.0688 e. The van der Waals surface area contributed by atoms with Crippen LogP contribution in [0.2, 0.25) is 0 Å². The normalized spacial score (nSPS) is 11.0. The highest BCUT2D eigenvalue weighted by Crippen LogP contribution is 2.22. The Morgan fingerprint density at radius 2 is 1.41 bits per heavy atom. The van der Waals surface area contributed by atoms with Gasteiger partial charge in [-0.2, -0.15) is 0 Å². The lowest BCUT2D eigenvalue weighted by molar-refractivity contribution is 1.33. The van der Waals surface area contributed by atoms with Gasteiger partial charge in [0.2, 0.25) is 0 Å². The highest BCUT2D eigenvalue weighted by molar-refractivity contribution is 5.82. The molecule has 2 aromatic rings. The standard InChI is InChI=1S/C16H17N/c1-12-7-9-15(10-8-12)11-17-16-13(2)5-4-6-14(16)3/h4-11H,1-3H3. The lowest BCUT2D eigenvalue weighted by Crippen LogP contribution is -1.83. The van der Waals surface area contributed by atoms with Crippen LogP contribution in [0.4, 0.5) is 5.69 Å². The molecule has 2 aromatic carbocycles. The molecule has 2 rings (SSSR count). The van der Waals surface area contributed by atoms with Gasteiger partial charge in [0.25, 0.3) is 0 Å². The van der Waals surface area contributed by atoms with E-state index in [0.717, 1.165) is 11.3 Å². The Balaban J connectivity index is 2.29. The third-order valence-corrected chi connectivity index (χ3v) is 2.86. The lowest BCUT2D eigenvalue weighted by atomic mass is 10.1. The molecule has 86 valence electrons. The van der Waals surface area contributed by atoms with Gasteiger partial charge >= 0.3 is 0 Å². The van der Waals surface area contributed by atoms with Gasteiger partial charge in [-0.3, -0.25) is 4.99 Å². The van der Waals surface area contributed by atoms with E-state index in [1.165, 1.54) is 16.7 Å². The van der Waals surface area contributed by atoms with Crippen LogP contribution in [0.5, 0.6) is 0 Å². The molecule has 0 saturated carbocycles. The fourth-order valence-electron chi connectivity index (χ4n) is 1.80. The van der Waals surface area contributed by atoms with Crippen molar-refractivity contribution in [1.82, 2.24) is 0 Å². The van der Waals surface area contributed by atoms with Crippen molar-refractivity contribution in [3.8, 4) is 0 Å². The number of para-hydroxylation sites is 1. The van der Waals surface area contributed by atoms with Gasteiger partial charge < -0.3 is 0 Å². The average molecular weight is 223 g/mol. The minimum atomic E-state index is 1.08. The van der Waals surface area contributed by atoms with E-state index >= 15 is 0 Å². The summed E-state index contributed by atoms with van der Waals surface area (Å²) in [5, 5.41) is 0. The summed E-state index contributed by atoms with van der Waals surface area (Å²) in [5.74, 6) is 0. The van der Waals surface area contributed by atoms with Crippen LogP contribution in [0.3, 0.4) is 0 Å². The number of hydrogen-bond donors (Lipinski definition) is 0. The lowest BCUT2D eigenvalue weighted by Gasteiger charge is -2.03. The highest BCUT2D eigenvalue weighted by atomic mass is 14.7. The van der Waals surface area contributed by atoms with Crippen molar-refractivity contribution >= 4 is 11.9 Å². The molecule has 17 heavy (non-hydrogen) atoms. The van der Waals surface area contributed by atoms with E-state index in [-0.39, 0.29) is 0 Å². The van der Waals surface area contributed by atoms with Gasteiger partial charge in [0.05, 0.1) is 5.69 Å². The highest BCUT2D eigenvalue weighted by Gasteiger charge is 1.98. The maximum Gasteiger partial charge on any atom is 0.0688 e. The van der Waals surface area contributed by atoms with Crippen LogP contribution < -0.4 is 0 Å². The van der Waals surface area contributed by atoms with Gasteiger partial charge in [0.15, 0.2) is 0 Å². The molecule has 0 bridgehead atoms. The maximum atomic E-state index is 4.58. The van der Waals surface area contributed by atoms with E-state index in [1.54, 1.807) is 0 Å². The first kappa shape index (κ1) is 11.6. The first-order chi connectivity index (χ1) is 8.16. The zero-order chi connectivity index (χ0) is 12.3. The summed E-state index contributed by atoms with van der Waals surface area (Å²) in [6.45, 7) is 6.27. The van der Waals surface area contributed by atoms with Crippen LogP contribution in [0, 0.1) is 20.8 Å². The number of aryl methyl sites for hydroxylation is 3. The molecule has 0 aliphatic heterocycles. The van der Waals surface area contributed by atoms with E-state index in [4.69, 9.17) is 0 Å². The Kier molecular flexibility index (Phi) is 3.38. The SMILES string of the molecule is Cc1ccc(C=Nc2c(C)cccc2C)cc1. The summed E-state index contributed by atoms with van der Waals surface area (Å²) >= 11 is 0. The largest absolute Gasteiger partial charge is 0.256 e. The number of nitrogens with zero attached hydrogens (tertiary/aromatic N) is 1. The molecule has 0 radical (unpaired) electrons. The monoisotopic (exact) mass is 223 g/mol. The van der Waals surface area contributed by atoms with Gasteiger partial charge in [-0.1, -0.05) is 48.0 Å². The predicted molar refractivity (Wildman–Crippen MR) is 74.3 cm³/mol. The molecule has 1 nitrogen and oxygen atoms in total. The van der Waals surface area contributed by atoms with E-state index in [1.807, 2.05) is 6.21 Å². The van der Waals surface area contributed by atoms with Crippen LogP contribution >= 0.6 is 0 Å². The van der Waals surface area contributed by atoms with Gasteiger partial charge in [0, 0.05) is 6.21 Å². The van der Waals surface area contributed by atoms with Crippen molar-refractivity contribution in [2.45, 2.75) is 20.8 Å². The Bertz CT molecular complexity index is 516. The molecule has 0 spiro atoms. The fourth-order valence-corrected chi connectivity index (χ4v) is 1.80. The third-order valence-electron chi connectivity index (χ3n) is 2.86. The molecule has 0 saturated heterocycles. The molecular weight excluding hydrogens is 206 g/mol. The molecule has 0 N–H and O–H groups in total. The first-order valence-corrected chi connectivity index (χ1v) is 5.84. The second-order valence-electron chi connectivity index (χ2n) is 4.41. The van der Waals surface area contributed by atoms with Crippen molar-refractivity contribution in [2.75, 3.05) is 0 Å². The van der Waals surface area contributed by atoms with Crippen LogP contribution in [0.1, 0.15) is 22.3 Å². The molecule has 0 fully saturated rings. The van der Waals surface area contributed by atoms with E-state index in [2.05, 4.69) is 68.2 Å². The Morgan fingerprint density at radius 1 is 0.824 bits per heavy atom. The summed E-state index contributed by atoms with van der Waals surface area (Å²) in [7, 11) is 0. The van der Waals surface area contributed by atoms with Crippen molar-refractivity contribution in [3.63, 3.8) is 0 Å². The fraction of sp³-hybridized carbons (Fsp3) is 0.188. The maximum absolute atomic E-state index is 4.58. The first-order valence-electron chi connectivity index (χ1n) is 5.84. The number of aliphatic imine (C=N–C) groups is 1. The molecule has 0 aromatic heterocycles. The van der Waals surface area contributed by atoms with Gasteiger partial charge in [0.1, 0.15) is 0 Å². The van der Waals surface area contributed by atoms with Crippen LogP contribution in [-0.4, -0.2) is 6.21 Å².